The smallest absolute Gasteiger partial charge is 0.252 e. The minimum atomic E-state index is 0.0871. The predicted molar refractivity (Wildman–Crippen MR) is 119 cm³/mol. The third kappa shape index (κ3) is 8.72. The largest absolute Gasteiger partial charge is 0.336 e. The Bertz CT molecular complexity index is 531. The van der Waals surface area contributed by atoms with Crippen LogP contribution in [0.4, 0.5) is 0 Å². The monoisotopic (exact) mass is 389 g/mol. The predicted octanol–water partition coefficient (Wildman–Crippen LogP) is 7.64. The SMILES string of the molecule is CCCCCCCCCCCCCCCCSC1NC(=O)c2ccccc21. The molecule has 0 radical (unpaired) electrons. The maximum Gasteiger partial charge on any atom is 0.252 e. The topological polar surface area (TPSA) is 29.1 Å². The maximum atomic E-state index is 11.9. The first-order valence-corrected chi connectivity index (χ1v) is 12.4. The van der Waals surface area contributed by atoms with Gasteiger partial charge in [0.25, 0.3) is 5.91 Å². The first kappa shape index (κ1) is 22.3. The summed E-state index contributed by atoms with van der Waals surface area (Å²) in [7, 11) is 0. The number of hydrogen-bond donors (Lipinski definition) is 1. The fourth-order valence-electron chi connectivity index (χ4n) is 3.84. The second-order valence-electron chi connectivity index (χ2n) is 7.91. The molecule has 152 valence electrons. The van der Waals surface area contributed by atoms with Crippen molar-refractivity contribution in [2.45, 2.75) is 102 Å². The Kier molecular flexibility index (Phi) is 11.7. The van der Waals surface area contributed by atoms with E-state index >= 15 is 0 Å². The fraction of sp³-hybridized carbons (Fsp3) is 0.708. The Morgan fingerprint density at radius 3 is 1.89 bits per heavy atom. The number of carbonyl (C=O) groups excluding carboxylic acids is 1. The molecule has 0 aliphatic carbocycles. The highest BCUT2D eigenvalue weighted by atomic mass is 32.2. The van der Waals surface area contributed by atoms with Crippen LogP contribution in [0.25, 0.3) is 0 Å². The summed E-state index contributed by atoms with van der Waals surface area (Å²) in [6.45, 7) is 2.28. The van der Waals surface area contributed by atoms with Gasteiger partial charge in [-0.15, -0.1) is 11.8 Å². The molecule has 0 saturated carbocycles. The molecule has 1 aliphatic rings. The molecule has 3 heteroatoms. The molecule has 0 saturated heterocycles. The van der Waals surface area contributed by atoms with Crippen LogP contribution in [0.1, 0.15) is 118 Å². The van der Waals surface area contributed by atoms with E-state index in [1.807, 2.05) is 30.0 Å². The standard InChI is InChI=1S/C24H39NOS/c1-2-3-4-5-6-7-8-9-10-11-12-13-14-17-20-27-24-22-19-16-15-18-21(22)23(26)25-24/h15-16,18-19,24H,2-14,17,20H2,1H3,(H,25,26). The van der Waals surface area contributed by atoms with Crippen molar-refractivity contribution in [1.29, 1.82) is 0 Å². The van der Waals surface area contributed by atoms with E-state index < -0.39 is 0 Å². The molecule has 0 bridgehead atoms. The highest BCUT2D eigenvalue weighted by Gasteiger charge is 2.27. The molecule has 1 heterocycles. The first-order valence-electron chi connectivity index (χ1n) is 11.3. The van der Waals surface area contributed by atoms with E-state index in [2.05, 4.69) is 18.3 Å². The number of nitrogens with one attached hydrogen (secondary N) is 1. The summed E-state index contributed by atoms with van der Waals surface area (Å²) < 4.78 is 0. The molecule has 2 rings (SSSR count). The minimum absolute atomic E-state index is 0.0871. The van der Waals surface area contributed by atoms with Gasteiger partial charge < -0.3 is 5.32 Å². The van der Waals surface area contributed by atoms with Gasteiger partial charge in [-0.1, -0.05) is 109 Å². The van der Waals surface area contributed by atoms with Crippen molar-refractivity contribution in [3.8, 4) is 0 Å². The van der Waals surface area contributed by atoms with Gasteiger partial charge in [-0.2, -0.15) is 0 Å². The molecule has 1 aromatic rings. The van der Waals surface area contributed by atoms with Gasteiger partial charge in [0.2, 0.25) is 0 Å². The van der Waals surface area contributed by atoms with Crippen LogP contribution in [-0.2, 0) is 0 Å². The lowest BCUT2D eigenvalue weighted by Crippen LogP contribution is -2.16. The second-order valence-corrected chi connectivity index (χ2v) is 9.12. The zero-order valence-electron chi connectivity index (χ0n) is 17.3. The molecular weight excluding hydrogens is 350 g/mol. The van der Waals surface area contributed by atoms with Crippen molar-refractivity contribution in [3.05, 3.63) is 35.4 Å². The van der Waals surface area contributed by atoms with E-state index in [1.165, 1.54) is 89.9 Å². The molecule has 1 atom stereocenters. The van der Waals surface area contributed by atoms with Crippen molar-refractivity contribution < 1.29 is 4.79 Å². The number of unbranched alkanes of at least 4 members (excludes halogenated alkanes) is 13. The molecule has 27 heavy (non-hydrogen) atoms. The first-order chi connectivity index (χ1) is 13.3. The molecular formula is C24H39NOS. The number of carbonyl (C=O) groups is 1. The van der Waals surface area contributed by atoms with Crippen LogP contribution < -0.4 is 5.32 Å². The summed E-state index contributed by atoms with van der Waals surface area (Å²) in [6.07, 6.45) is 19.6. The van der Waals surface area contributed by atoms with Crippen molar-refractivity contribution in [3.63, 3.8) is 0 Å². The van der Waals surface area contributed by atoms with Crippen LogP contribution in [0.3, 0.4) is 0 Å². The van der Waals surface area contributed by atoms with Gasteiger partial charge >= 0.3 is 0 Å². The maximum absolute atomic E-state index is 11.9. The van der Waals surface area contributed by atoms with E-state index in [0.29, 0.717) is 0 Å². The summed E-state index contributed by atoms with van der Waals surface area (Å²) >= 11 is 1.88. The number of thioether (sulfide) groups is 1. The Labute approximate surface area is 171 Å². The molecule has 2 nitrogen and oxygen atoms in total. The van der Waals surface area contributed by atoms with Crippen LogP contribution in [0.15, 0.2) is 24.3 Å². The third-order valence-corrected chi connectivity index (χ3v) is 6.76. The number of amides is 1. The molecule has 0 spiro atoms. The highest BCUT2D eigenvalue weighted by molar-refractivity contribution is 7.99. The van der Waals surface area contributed by atoms with Crippen LogP contribution >= 0.6 is 11.8 Å². The average Bonchev–Trinajstić information content (AvgIpc) is 3.01. The summed E-state index contributed by atoms with van der Waals surface area (Å²) in [5.41, 5.74) is 2.02. The number of hydrogen-bond acceptors (Lipinski definition) is 2. The highest BCUT2D eigenvalue weighted by Crippen LogP contribution is 2.34. The van der Waals surface area contributed by atoms with E-state index in [0.717, 1.165) is 16.9 Å². The lowest BCUT2D eigenvalue weighted by atomic mass is 10.0. The Balaban J connectivity index is 1.36. The molecule has 0 fully saturated rings. The Hall–Kier alpha value is -0.960. The summed E-state index contributed by atoms with van der Waals surface area (Å²) in [6, 6.07) is 7.98. The number of benzene rings is 1. The number of rotatable bonds is 16. The van der Waals surface area contributed by atoms with Crippen LogP contribution in [-0.4, -0.2) is 11.7 Å². The van der Waals surface area contributed by atoms with Gasteiger partial charge in [0.05, 0.1) is 0 Å². The van der Waals surface area contributed by atoms with Crippen molar-refractivity contribution in [1.82, 2.24) is 5.32 Å². The summed E-state index contributed by atoms with van der Waals surface area (Å²) in [4.78, 5) is 11.9. The van der Waals surface area contributed by atoms with Gasteiger partial charge in [-0.3, -0.25) is 4.79 Å². The average molecular weight is 390 g/mol. The minimum Gasteiger partial charge on any atom is -0.336 e. The van der Waals surface area contributed by atoms with Crippen molar-refractivity contribution in [2.75, 3.05) is 5.75 Å². The Morgan fingerprint density at radius 1 is 0.778 bits per heavy atom. The molecule has 1 unspecified atom stereocenters. The number of fused-ring (bicyclic) bond motifs is 1. The molecule has 1 aromatic carbocycles. The van der Waals surface area contributed by atoms with E-state index in [1.54, 1.807) is 0 Å². The van der Waals surface area contributed by atoms with Crippen molar-refractivity contribution in [2.24, 2.45) is 0 Å². The van der Waals surface area contributed by atoms with Crippen LogP contribution in [0.5, 0.6) is 0 Å². The molecule has 1 N–H and O–H groups in total. The zero-order valence-corrected chi connectivity index (χ0v) is 18.1. The van der Waals surface area contributed by atoms with E-state index in [-0.39, 0.29) is 11.3 Å². The second kappa shape index (κ2) is 14.1. The van der Waals surface area contributed by atoms with Gasteiger partial charge in [-0.25, -0.2) is 0 Å². The lowest BCUT2D eigenvalue weighted by molar-refractivity contribution is 0.0965. The molecule has 1 aliphatic heterocycles. The fourth-order valence-corrected chi connectivity index (χ4v) is 5.02. The van der Waals surface area contributed by atoms with Gasteiger partial charge in [-0.05, 0) is 23.8 Å². The van der Waals surface area contributed by atoms with Crippen LogP contribution in [0, 0.1) is 0 Å². The lowest BCUT2D eigenvalue weighted by Gasteiger charge is -2.11. The van der Waals surface area contributed by atoms with Gasteiger partial charge in [0, 0.05) is 5.56 Å². The van der Waals surface area contributed by atoms with Crippen molar-refractivity contribution >= 4 is 17.7 Å². The van der Waals surface area contributed by atoms with E-state index in [4.69, 9.17) is 0 Å². The van der Waals surface area contributed by atoms with E-state index in [9.17, 15) is 4.79 Å². The van der Waals surface area contributed by atoms with Gasteiger partial charge in [0.15, 0.2) is 0 Å². The quantitative estimate of drug-likeness (QED) is 0.294. The molecule has 1 amide bonds. The Morgan fingerprint density at radius 2 is 1.30 bits per heavy atom. The molecule has 0 aromatic heterocycles. The van der Waals surface area contributed by atoms with Gasteiger partial charge in [0.1, 0.15) is 5.37 Å². The summed E-state index contributed by atoms with van der Waals surface area (Å²) in [5, 5.41) is 3.26. The third-order valence-electron chi connectivity index (χ3n) is 5.53. The summed E-state index contributed by atoms with van der Waals surface area (Å²) in [5.74, 6) is 1.22. The van der Waals surface area contributed by atoms with Crippen LogP contribution in [0.2, 0.25) is 0 Å². The zero-order chi connectivity index (χ0) is 19.2. The normalized spacial score (nSPS) is 15.7.